The number of carbonyl (C=O) groups is 1. The van der Waals surface area contributed by atoms with E-state index in [1.165, 1.54) is 24.3 Å². The van der Waals surface area contributed by atoms with Gasteiger partial charge in [-0.3, -0.25) is 10.2 Å². The van der Waals surface area contributed by atoms with Crippen LogP contribution in [-0.4, -0.2) is 25.1 Å². The zero-order valence-electron chi connectivity index (χ0n) is 19.2. The molecule has 0 atom stereocenters. The number of anilines is 2. The van der Waals surface area contributed by atoms with E-state index < -0.39 is 10.0 Å². The number of carbonyl (C=O) groups excluding carboxylic acids is 1. The van der Waals surface area contributed by atoms with Gasteiger partial charge in [0, 0.05) is 16.3 Å². The monoisotopic (exact) mass is 549 g/mol. The van der Waals surface area contributed by atoms with Crippen LogP contribution in [0, 0.1) is 0 Å². The van der Waals surface area contributed by atoms with Crippen LogP contribution in [0.5, 0.6) is 0 Å². The lowest BCUT2D eigenvalue weighted by atomic mass is 10.1. The first kappa shape index (κ1) is 24.8. The van der Waals surface area contributed by atoms with Gasteiger partial charge < -0.3 is 10.2 Å². The Morgan fingerprint density at radius 3 is 2.43 bits per heavy atom. The van der Waals surface area contributed by atoms with Crippen molar-refractivity contribution in [3.05, 3.63) is 101 Å². The molecule has 1 aliphatic heterocycles. The number of amides is 1. The van der Waals surface area contributed by atoms with Crippen molar-refractivity contribution in [2.75, 3.05) is 10.2 Å². The van der Waals surface area contributed by atoms with Crippen molar-refractivity contribution < 1.29 is 13.2 Å². The molecule has 0 radical (unpaired) electrons. The van der Waals surface area contributed by atoms with E-state index >= 15 is 0 Å². The fourth-order valence-corrected chi connectivity index (χ4v) is 4.92. The molecule has 4 aromatic carbocycles. The summed E-state index contributed by atoms with van der Waals surface area (Å²) in [6, 6.07) is 25.1. The first-order chi connectivity index (χ1) is 17.7. The fraction of sp³-hybridized carbons (Fsp3) is 0.0385. The quantitative estimate of drug-likeness (QED) is 0.251. The van der Waals surface area contributed by atoms with E-state index in [2.05, 4.69) is 21.9 Å². The average Bonchev–Trinajstić information content (AvgIpc) is 3.12. The standard InChI is InChI=1S/C26H20ClN5O3S2/c27-19-7-12-23-22(14-19)24(30-31-26(36)29-20-8-10-21(11-9-20)37(28,34)35)25(33)32(23)15-16-5-6-17-3-1-2-4-18(17)13-16/h1-14H,15H2,(H2,28,34,35)(H2,29,31,36). The summed E-state index contributed by atoms with van der Waals surface area (Å²) in [7, 11) is -3.80. The fourth-order valence-electron chi connectivity index (χ4n) is 4.06. The number of hydrazone groups is 1. The molecular weight excluding hydrogens is 530 g/mol. The molecular formula is C26H20ClN5O3S2. The second kappa shape index (κ2) is 9.91. The van der Waals surface area contributed by atoms with Crippen LogP contribution in [0.4, 0.5) is 11.4 Å². The molecule has 1 amide bonds. The maximum absolute atomic E-state index is 13.4. The Kier molecular flexibility index (Phi) is 6.65. The second-order valence-electron chi connectivity index (χ2n) is 8.33. The van der Waals surface area contributed by atoms with Crippen molar-refractivity contribution in [3.8, 4) is 0 Å². The van der Waals surface area contributed by atoms with Crippen molar-refractivity contribution in [3.63, 3.8) is 0 Å². The largest absolute Gasteiger partial charge is 0.331 e. The lowest BCUT2D eigenvalue weighted by Crippen LogP contribution is -2.32. The van der Waals surface area contributed by atoms with E-state index in [-0.39, 0.29) is 21.6 Å². The number of hydrogen-bond donors (Lipinski definition) is 3. The number of nitrogens with zero attached hydrogens (tertiary/aromatic N) is 2. The summed E-state index contributed by atoms with van der Waals surface area (Å²) in [5.74, 6) is -0.293. The van der Waals surface area contributed by atoms with Gasteiger partial charge in [0.1, 0.15) is 0 Å². The molecule has 8 nitrogen and oxygen atoms in total. The SMILES string of the molecule is NS(=O)(=O)c1ccc(NC(=S)NN=C2C(=O)N(Cc3ccc4ccccc4c3)c3ccc(Cl)cc32)cc1. The number of sulfonamides is 1. The van der Waals surface area contributed by atoms with Gasteiger partial charge in [-0.2, -0.15) is 5.10 Å². The first-order valence-electron chi connectivity index (χ1n) is 11.1. The summed E-state index contributed by atoms with van der Waals surface area (Å²) in [5.41, 5.74) is 5.64. The minimum Gasteiger partial charge on any atom is -0.331 e. The van der Waals surface area contributed by atoms with E-state index in [4.69, 9.17) is 29.0 Å². The Bertz CT molecular complexity index is 1690. The van der Waals surface area contributed by atoms with Crippen LogP contribution in [0.3, 0.4) is 0 Å². The van der Waals surface area contributed by atoms with Gasteiger partial charge in [-0.1, -0.05) is 48.0 Å². The van der Waals surface area contributed by atoms with Crippen molar-refractivity contribution >= 4 is 72.7 Å². The number of thiocarbonyl (C=S) groups is 1. The highest BCUT2D eigenvalue weighted by atomic mass is 35.5. The zero-order chi connectivity index (χ0) is 26.2. The molecule has 0 unspecified atom stereocenters. The van der Waals surface area contributed by atoms with Crippen LogP contribution < -0.4 is 20.8 Å². The minimum absolute atomic E-state index is 0.0197. The lowest BCUT2D eigenvalue weighted by molar-refractivity contribution is -0.112. The Hall–Kier alpha value is -3.83. The van der Waals surface area contributed by atoms with Gasteiger partial charge in [0.2, 0.25) is 10.0 Å². The third-order valence-electron chi connectivity index (χ3n) is 5.82. The first-order valence-corrected chi connectivity index (χ1v) is 13.4. The van der Waals surface area contributed by atoms with Crippen LogP contribution in [0.2, 0.25) is 5.02 Å². The minimum atomic E-state index is -3.80. The summed E-state index contributed by atoms with van der Waals surface area (Å²) in [6.07, 6.45) is 0. The van der Waals surface area contributed by atoms with Gasteiger partial charge in [-0.05, 0) is 77.1 Å². The Morgan fingerprint density at radius 1 is 0.973 bits per heavy atom. The molecule has 11 heteroatoms. The maximum atomic E-state index is 13.4. The highest BCUT2D eigenvalue weighted by Gasteiger charge is 2.34. The predicted octanol–water partition coefficient (Wildman–Crippen LogP) is 4.38. The summed E-state index contributed by atoms with van der Waals surface area (Å²) in [6.45, 7) is 0.358. The number of halogens is 1. The molecule has 0 aliphatic carbocycles. The van der Waals surface area contributed by atoms with Crippen molar-refractivity contribution in [1.29, 1.82) is 0 Å². The van der Waals surface area contributed by atoms with E-state index in [1.807, 2.05) is 36.4 Å². The van der Waals surface area contributed by atoms with Crippen LogP contribution in [0.15, 0.2) is 94.9 Å². The molecule has 0 fully saturated rings. The molecule has 0 saturated heterocycles. The normalized spacial score (nSPS) is 14.2. The van der Waals surface area contributed by atoms with Crippen LogP contribution in [0.1, 0.15) is 11.1 Å². The molecule has 0 aromatic heterocycles. The summed E-state index contributed by atoms with van der Waals surface area (Å²) in [5, 5.41) is 15.1. The smallest absolute Gasteiger partial charge is 0.279 e. The lowest BCUT2D eigenvalue weighted by Gasteiger charge is -2.17. The number of hydrogen-bond acceptors (Lipinski definition) is 5. The third-order valence-corrected chi connectivity index (χ3v) is 7.17. The second-order valence-corrected chi connectivity index (χ2v) is 10.7. The topological polar surface area (TPSA) is 117 Å². The molecule has 4 N–H and O–H groups in total. The molecule has 0 saturated carbocycles. The van der Waals surface area contributed by atoms with Gasteiger partial charge in [-0.15, -0.1) is 0 Å². The molecule has 1 heterocycles. The molecule has 0 spiro atoms. The van der Waals surface area contributed by atoms with Crippen LogP contribution >= 0.6 is 23.8 Å². The maximum Gasteiger partial charge on any atom is 0.279 e. The zero-order valence-corrected chi connectivity index (χ0v) is 21.6. The Balaban J connectivity index is 1.36. The average molecular weight is 550 g/mol. The Morgan fingerprint density at radius 2 is 1.70 bits per heavy atom. The number of benzene rings is 4. The van der Waals surface area contributed by atoms with Crippen molar-refractivity contribution in [2.24, 2.45) is 10.2 Å². The number of fused-ring (bicyclic) bond motifs is 2. The van der Waals surface area contributed by atoms with E-state index in [9.17, 15) is 13.2 Å². The summed E-state index contributed by atoms with van der Waals surface area (Å²) < 4.78 is 22.9. The Labute approximate surface area is 223 Å². The van der Waals surface area contributed by atoms with E-state index in [1.54, 1.807) is 23.1 Å². The number of primary sulfonamides is 1. The van der Waals surface area contributed by atoms with Gasteiger partial charge >= 0.3 is 0 Å². The van der Waals surface area contributed by atoms with Gasteiger partial charge in [0.25, 0.3) is 5.91 Å². The highest BCUT2D eigenvalue weighted by molar-refractivity contribution is 7.89. The van der Waals surface area contributed by atoms with Gasteiger partial charge in [0.05, 0.1) is 17.1 Å². The molecule has 4 aromatic rings. The summed E-state index contributed by atoms with van der Waals surface area (Å²) >= 11 is 11.5. The van der Waals surface area contributed by atoms with Gasteiger partial charge in [-0.25, -0.2) is 13.6 Å². The number of nitrogens with two attached hydrogens (primary N) is 1. The molecule has 0 bridgehead atoms. The predicted molar refractivity (Wildman–Crippen MR) is 150 cm³/mol. The van der Waals surface area contributed by atoms with E-state index in [0.29, 0.717) is 28.5 Å². The number of nitrogens with one attached hydrogen (secondary N) is 2. The number of rotatable bonds is 5. The van der Waals surface area contributed by atoms with E-state index in [0.717, 1.165) is 16.3 Å². The molecule has 5 rings (SSSR count). The molecule has 37 heavy (non-hydrogen) atoms. The van der Waals surface area contributed by atoms with Gasteiger partial charge in [0.15, 0.2) is 10.8 Å². The van der Waals surface area contributed by atoms with Crippen molar-refractivity contribution in [1.82, 2.24) is 5.43 Å². The molecule has 186 valence electrons. The summed E-state index contributed by atoms with van der Waals surface area (Å²) in [4.78, 5) is 15.1. The van der Waals surface area contributed by atoms with Crippen LogP contribution in [-0.2, 0) is 21.4 Å². The third kappa shape index (κ3) is 5.32. The molecule has 1 aliphatic rings. The van der Waals surface area contributed by atoms with Crippen LogP contribution in [0.25, 0.3) is 10.8 Å². The van der Waals surface area contributed by atoms with Crippen molar-refractivity contribution in [2.45, 2.75) is 11.4 Å². The highest BCUT2D eigenvalue weighted by Crippen LogP contribution is 2.33.